The van der Waals surface area contributed by atoms with Gasteiger partial charge in [-0.05, 0) is 31.7 Å². The van der Waals surface area contributed by atoms with Gasteiger partial charge in [0.25, 0.3) is 5.91 Å². The predicted molar refractivity (Wildman–Crippen MR) is 115 cm³/mol. The fraction of sp³-hybridized carbons (Fsp3) is 0.619. The molecule has 3 heterocycles. The number of aromatic nitrogens is 1. The molecule has 2 aliphatic heterocycles. The zero-order valence-corrected chi connectivity index (χ0v) is 18.4. The lowest BCUT2D eigenvalue weighted by Gasteiger charge is -2.32. The van der Waals surface area contributed by atoms with E-state index in [9.17, 15) is 24.6 Å². The van der Waals surface area contributed by atoms with Gasteiger partial charge in [-0.3, -0.25) is 14.4 Å². The van der Waals surface area contributed by atoms with Crippen molar-refractivity contribution < 1.29 is 24.6 Å². The van der Waals surface area contributed by atoms with Crippen molar-refractivity contribution in [3.8, 4) is 0 Å². The van der Waals surface area contributed by atoms with Crippen LogP contribution in [-0.2, 0) is 16.1 Å². The summed E-state index contributed by atoms with van der Waals surface area (Å²) in [5.41, 5.74) is 0.718. The number of pyridine rings is 1. The van der Waals surface area contributed by atoms with E-state index >= 15 is 0 Å². The minimum Gasteiger partial charge on any atom is -0.481 e. The summed E-state index contributed by atoms with van der Waals surface area (Å²) in [6.45, 7) is 3.74. The number of carboxylic acids is 1. The van der Waals surface area contributed by atoms with Gasteiger partial charge in [0.15, 0.2) is 0 Å². The van der Waals surface area contributed by atoms with E-state index in [0.717, 1.165) is 6.42 Å². The second-order valence-corrected chi connectivity index (χ2v) is 8.49. The minimum atomic E-state index is -0.798. The molecule has 0 aromatic carbocycles. The molecule has 1 aromatic heterocycles. The monoisotopic (exact) mass is 452 g/mol. The van der Waals surface area contributed by atoms with Crippen LogP contribution in [0.2, 0.25) is 5.02 Å². The van der Waals surface area contributed by atoms with Crippen LogP contribution in [-0.4, -0.2) is 70.2 Å². The van der Waals surface area contributed by atoms with Crippen molar-refractivity contribution in [1.82, 2.24) is 15.2 Å². The highest BCUT2D eigenvalue weighted by Gasteiger charge is 2.29. The number of hydrogen-bond donors (Lipinski definition) is 3. The fourth-order valence-corrected chi connectivity index (χ4v) is 4.17. The van der Waals surface area contributed by atoms with Crippen LogP contribution in [0.3, 0.4) is 0 Å². The quantitative estimate of drug-likeness (QED) is 0.548. The van der Waals surface area contributed by atoms with E-state index in [0.29, 0.717) is 61.9 Å². The number of aliphatic hydroxyl groups excluding tert-OH is 1. The number of carboxylic acid groups (broad SMARTS) is 1. The van der Waals surface area contributed by atoms with E-state index < -0.39 is 18.0 Å². The number of aliphatic hydroxyl groups is 1. The van der Waals surface area contributed by atoms with Crippen LogP contribution in [0.15, 0.2) is 6.07 Å². The van der Waals surface area contributed by atoms with Crippen LogP contribution in [0.5, 0.6) is 0 Å². The number of aliphatic carboxylic acids is 1. The molecule has 0 saturated carbocycles. The average Bonchev–Trinajstić information content (AvgIpc) is 3.17. The second-order valence-electron chi connectivity index (χ2n) is 8.08. The van der Waals surface area contributed by atoms with Crippen LogP contribution in [0.4, 0.5) is 5.82 Å². The number of carbonyl (C=O) groups is 3. The number of piperidine rings is 1. The molecule has 170 valence electrons. The van der Waals surface area contributed by atoms with Gasteiger partial charge in [0.05, 0.1) is 34.8 Å². The molecule has 31 heavy (non-hydrogen) atoms. The van der Waals surface area contributed by atoms with Crippen molar-refractivity contribution in [2.24, 2.45) is 5.92 Å². The van der Waals surface area contributed by atoms with Gasteiger partial charge in [-0.1, -0.05) is 18.5 Å². The standard InChI is InChI=1S/C21H29ClN4O5/c1-2-14(27)11-23-20(29)15-10-16(22)19(25-8-5-13(6-9-25)21(30)31)24-17(15)12-26-7-3-4-18(26)28/h10,13-14,27H,2-9,11-12H2,1H3,(H,23,29)(H,30,31). The molecule has 3 N–H and O–H groups in total. The molecule has 2 saturated heterocycles. The highest BCUT2D eigenvalue weighted by Crippen LogP contribution is 2.31. The molecule has 1 aromatic rings. The predicted octanol–water partition coefficient (Wildman–Crippen LogP) is 1.66. The van der Waals surface area contributed by atoms with E-state index in [1.807, 2.05) is 11.8 Å². The zero-order valence-electron chi connectivity index (χ0n) is 17.6. The SMILES string of the molecule is CCC(O)CNC(=O)c1cc(Cl)c(N2CCC(C(=O)O)CC2)nc1CN1CCCC1=O. The van der Waals surface area contributed by atoms with Crippen molar-refractivity contribution in [2.45, 2.75) is 51.7 Å². The van der Waals surface area contributed by atoms with Crippen LogP contribution in [0.1, 0.15) is 55.1 Å². The number of likely N-dealkylation sites (tertiary alicyclic amines) is 1. The number of amides is 2. The lowest BCUT2D eigenvalue weighted by molar-refractivity contribution is -0.142. The number of hydrogen-bond acceptors (Lipinski definition) is 6. The Hall–Kier alpha value is -2.39. The third-order valence-electron chi connectivity index (χ3n) is 5.91. The number of nitrogens with zero attached hydrogens (tertiary/aromatic N) is 3. The molecule has 10 heteroatoms. The van der Waals surface area contributed by atoms with Crippen molar-refractivity contribution >= 4 is 35.2 Å². The molecule has 0 spiro atoms. The highest BCUT2D eigenvalue weighted by atomic mass is 35.5. The van der Waals surface area contributed by atoms with Crippen LogP contribution in [0, 0.1) is 5.92 Å². The number of carbonyl (C=O) groups excluding carboxylic acids is 2. The first-order chi connectivity index (χ1) is 14.8. The zero-order chi connectivity index (χ0) is 22.5. The number of nitrogens with one attached hydrogen (secondary N) is 1. The number of rotatable bonds is 8. The molecule has 2 aliphatic rings. The third kappa shape index (κ3) is 5.65. The Morgan fingerprint density at radius 2 is 2.03 bits per heavy atom. The molecule has 0 radical (unpaired) electrons. The maximum absolute atomic E-state index is 12.8. The van der Waals surface area contributed by atoms with Crippen molar-refractivity contribution in [3.05, 3.63) is 22.3 Å². The highest BCUT2D eigenvalue weighted by molar-refractivity contribution is 6.33. The van der Waals surface area contributed by atoms with Gasteiger partial charge in [-0.2, -0.15) is 0 Å². The maximum atomic E-state index is 12.8. The Balaban J connectivity index is 1.86. The smallest absolute Gasteiger partial charge is 0.306 e. The van der Waals surface area contributed by atoms with Crippen molar-refractivity contribution in [2.75, 3.05) is 31.1 Å². The Labute approximate surface area is 186 Å². The molecule has 9 nitrogen and oxygen atoms in total. The first-order valence-corrected chi connectivity index (χ1v) is 11.1. The van der Waals surface area contributed by atoms with E-state index in [2.05, 4.69) is 10.3 Å². The lowest BCUT2D eigenvalue weighted by atomic mass is 9.97. The summed E-state index contributed by atoms with van der Waals surface area (Å²) < 4.78 is 0. The van der Waals surface area contributed by atoms with Gasteiger partial charge in [0, 0.05) is 32.6 Å². The first-order valence-electron chi connectivity index (χ1n) is 10.7. The van der Waals surface area contributed by atoms with Gasteiger partial charge in [-0.15, -0.1) is 0 Å². The molecule has 2 fully saturated rings. The van der Waals surface area contributed by atoms with Gasteiger partial charge >= 0.3 is 5.97 Å². The van der Waals surface area contributed by atoms with E-state index in [4.69, 9.17) is 11.6 Å². The van der Waals surface area contributed by atoms with Crippen molar-refractivity contribution in [1.29, 1.82) is 0 Å². The molecule has 0 bridgehead atoms. The van der Waals surface area contributed by atoms with Crippen LogP contribution in [0.25, 0.3) is 0 Å². The van der Waals surface area contributed by atoms with Crippen molar-refractivity contribution in [3.63, 3.8) is 0 Å². The summed E-state index contributed by atoms with van der Waals surface area (Å²) in [7, 11) is 0. The Kier molecular flexibility index (Phi) is 7.72. The average molecular weight is 453 g/mol. The van der Waals surface area contributed by atoms with E-state index in [1.165, 1.54) is 0 Å². The molecule has 1 atom stereocenters. The molecule has 0 aliphatic carbocycles. The van der Waals surface area contributed by atoms with Crippen LogP contribution >= 0.6 is 11.6 Å². The Bertz CT molecular complexity index is 841. The summed E-state index contributed by atoms with van der Waals surface area (Å²) in [6, 6.07) is 1.55. The molecular weight excluding hydrogens is 424 g/mol. The van der Waals surface area contributed by atoms with Gasteiger partial charge in [0.1, 0.15) is 5.82 Å². The summed E-state index contributed by atoms with van der Waals surface area (Å²) >= 11 is 6.48. The summed E-state index contributed by atoms with van der Waals surface area (Å²) in [4.78, 5) is 44.4. The van der Waals surface area contributed by atoms with Gasteiger partial charge in [-0.25, -0.2) is 4.98 Å². The first kappa shape index (κ1) is 23.3. The number of anilines is 1. The summed E-state index contributed by atoms with van der Waals surface area (Å²) in [6.07, 6.45) is 2.10. The Morgan fingerprint density at radius 3 is 2.61 bits per heavy atom. The normalized spacial score (nSPS) is 18.4. The molecular formula is C21H29ClN4O5. The van der Waals surface area contributed by atoms with Crippen LogP contribution < -0.4 is 10.2 Å². The third-order valence-corrected chi connectivity index (χ3v) is 6.18. The fourth-order valence-electron chi connectivity index (χ4n) is 3.90. The molecule has 1 unspecified atom stereocenters. The largest absolute Gasteiger partial charge is 0.481 e. The Morgan fingerprint density at radius 1 is 1.32 bits per heavy atom. The molecule has 2 amide bonds. The summed E-state index contributed by atoms with van der Waals surface area (Å²) in [5.74, 6) is -1.06. The molecule has 3 rings (SSSR count). The maximum Gasteiger partial charge on any atom is 0.306 e. The van der Waals surface area contributed by atoms with Gasteiger partial charge < -0.3 is 25.3 Å². The second kappa shape index (κ2) is 10.3. The van der Waals surface area contributed by atoms with Gasteiger partial charge in [0.2, 0.25) is 5.91 Å². The van der Waals surface area contributed by atoms with E-state index in [-0.39, 0.29) is 30.5 Å². The summed E-state index contributed by atoms with van der Waals surface area (Å²) in [5, 5.41) is 22.0. The topological polar surface area (TPSA) is 123 Å². The number of halogens is 1. The van der Waals surface area contributed by atoms with E-state index in [1.54, 1.807) is 11.0 Å². The minimum absolute atomic E-state index is 0.0216. The lowest BCUT2D eigenvalue weighted by Crippen LogP contribution is -2.38.